The van der Waals surface area contributed by atoms with Gasteiger partial charge in [-0.2, -0.15) is 0 Å². The first-order valence-corrected chi connectivity index (χ1v) is 22.0. The highest BCUT2D eigenvalue weighted by atomic mass is 16.7. The van der Waals surface area contributed by atoms with E-state index >= 15 is 0 Å². The van der Waals surface area contributed by atoms with Gasteiger partial charge in [-0.1, -0.05) is 45.4 Å². The van der Waals surface area contributed by atoms with Crippen LogP contribution in [-0.4, -0.2) is 133 Å². The van der Waals surface area contributed by atoms with Crippen molar-refractivity contribution in [2.24, 2.45) is 35.3 Å². The van der Waals surface area contributed by atoms with E-state index in [1.165, 1.54) is 19.1 Å². The number of ether oxygens (including phenoxy) is 5. The Morgan fingerprint density at radius 3 is 2.28 bits per heavy atom. The Hall–Kier alpha value is -3.05. The van der Waals surface area contributed by atoms with E-state index < -0.39 is 77.8 Å². The summed E-state index contributed by atoms with van der Waals surface area (Å²) < 4.78 is 30.1. The van der Waals surface area contributed by atoms with Crippen LogP contribution in [0.2, 0.25) is 0 Å². The molecule has 1 aliphatic carbocycles. The Labute approximate surface area is 356 Å². The van der Waals surface area contributed by atoms with Crippen molar-refractivity contribution in [3.63, 3.8) is 0 Å². The minimum atomic E-state index is -2.52. The summed E-state index contributed by atoms with van der Waals surface area (Å²) in [6, 6.07) is -1.37. The zero-order valence-electron chi connectivity index (χ0n) is 37.4. The monoisotopic (exact) mass is 848 g/mol. The standard InChI is InChI=1S/C45H73N3O12/c1-10-31-18-25(2)17-26(3)19-37(57-8)41-38(58-9)21-28(5)45(55,60-41)42(52)43(53)48-16-12-11-13-33(48)44(54)59-40(29(6)34(49)23-35(31)50)27(4)20-30-14-15-32(36(22-30)56-7)47-39(51)24-46/h18,20,26,28-34,36-38,40-41,49,55H,10-17,19,21-24,46H2,1-9H3,(H,47,51)/b25-18+,27-20+/t26-,28+,29+,30-,31+,32-,33-,34-,36+,37-,38-,40+,41+,45+/m0/s1. The van der Waals surface area contributed by atoms with Gasteiger partial charge in [-0.15, -0.1) is 0 Å². The molecule has 340 valence electrons. The number of aliphatic hydroxyl groups excluding tert-OH is 1. The summed E-state index contributed by atoms with van der Waals surface area (Å²) in [4.78, 5) is 70.1. The number of amides is 2. The number of hydrogen-bond acceptors (Lipinski definition) is 13. The minimum Gasteiger partial charge on any atom is -0.456 e. The number of aliphatic hydroxyl groups is 2. The Bertz CT molecular complexity index is 1570. The predicted octanol–water partition coefficient (Wildman–Crippen LogP) is 3.56. The minimum absolute atomic E-state index is 0.0242. The first-order valence-electron chi connectivity index (χ1n) is 22.0. The van der Waals surface area contributed by atoms with Crippen molar-refractivity contribution in [1.29, 1.82) is 0 Å². The van der Waals surface area contributed by atoms with Gasteiger partial charge in [0.2, 0.25) is 11.7 Å². The highest BCUT2D eigenvalue weighted by Crippen LogP contribution is 2.39. The lowest BCUT2D eigenvalue weighted by atomic mass is 9.81. The molecule has 3 aliphatic heterocycles. The summed E-state index contributed by atoms with van der Waals surface area (Å²) in [7, 11) is 4.65. The maximum Gasteiger partial charge on any atom is 0.329 e. The SMILES string of the molecule is CC[C@@H]1/C=C(\C)C[C@H](C)C[C@H](OC)[C@H]2O[C@@](O)(C(=O)C(=O)N3CCCC[C@H]3C(=O)O[C@H](/C(C)=C/[C@@H]3CC[C@H](NC(=O)CN)[C@H](OC)C3)[C@H](C)[C@@H](O)CC1=O)[C@H](C)C[C@@H]2OC. The number of rotatable bonds is 8. The Balaban J connectivity index is 1.75. The molecule has 15 nitrogen and oxygen atoms in total. The first kappa shape index (κ1) is 49.6. The van der Waals surface area contributed by atoms with Crippen molar-refractivity contribution in [2.45, 2.75) is 167 Å². The van der Waals surface area contributed by atoms with E-state index in [1.807, 2.05) is 39.8 Å². The molecule has 4 aliphatic rings. The topological polar surface area (TPSA) is 213 Å². The Morgan fingerprint density at radius 2 is 1.65 bits per heavy atom. The molecular formula is C45H73N3O12. The van der Waals surface area contributed by atoms with Gasteiger partial charge in [0.05, 0.1) is 37.0 Å². The van der Waals surface area contributed by atoms with Crippen molar-refractivity contribution < 1.29 is 57.9 Å². The number of allylic oxidation sites excluding steroid dienone is 3. The molecule has 2 bridgehead atoms. The van der Waals surface area contributed by atoms with E-state index in [4.69, 9.17) is 29.4 Å². The molecule has 60 heavy (non-hydrogen) atoms. The molecule has 14 atom stereocenters. The van der Waals surface area contributed by atoms with Crippen LogP contribution in [0, 0.1) is 29.6 Å². The number of fused-ring (bicyclic) bond motifs is 3. The summed E-state index contributed by atoms with van der Waals surface area (Å²) in [6.07, 6.45) is 4.28. The van der Waals surface area contributed by atoms with Crippen molar-refractivity contribution in [2.75, 3.05) is 34.4 Å². The van der Waals surface area contributed by atoms with Gasteiger partial charge < -0.3 is 49.8 Å². The third-order valence-corrected chi connectivity index (χ3v) is 13.5. The number of cyclic esters (lactones) is 1. The van der Waals surface area contributed by atoms with Crippen molar-refractivity contribution in [3.8, 4) is 0 Å². The molecule has 3 fully saturated rings. The Morgan fingerprint density at radius 1 is 0.983 bits per heavy atom. The Kier molecular flexibility index (Phi) is 18.5. The number of carbonyl (C=O) groups excluding carboxylic acids is 5. The number of piperidine rings is 1. The molecule has 0 radical (unpaired) electrons. The summed E-state index contributed by atoms with van der Waals surface area (Å²) in [6.45, 7) is 11.1. The summed E-state index contributed by atoms with van der Waals surface area (Å²) >= 11 is 0. The number of Topliss-reactive ketones (excluding diaryl/α,β-unsaturated/α-hetero) is 2. The molecule has 1 saturated carbocycles. The normalized spacial score (nSPS) is 39.5. The second-order valence-corrected chi connectivity index (χ2v) is 18.0. The van der Waals surface area contributed by atoms with E-state index in [0.717, 1.165) is 5.57 Å². The number of methoxy groups -OCH3 is 3. The molecule has 15 heteroatoms. The summed E-state index contributed by atoms with van der Waals surface area (Å²) in [5, 5.41) is 26.7. The third kappa shape index (κ3) is 11.9. The van der Waals surface area contributed by atoms with Gasteiger partial charge in [-0.25, -0.2) is 4.79 Å². The largest absolute Gasteiger partial charge is 0.456 e. The number of hydrogen-bond donors (Lipinski definition) is 4. The second-order valence-electron chi connectivity index (χ2n) is 18.0. The lowest BCUT2D eigenvalue weighted by Crippen LogP contribution is -2.64. The van der Waals surface area contributed by atoms with Crippen LogP contribution in [0.3, 0.4) is 0 Å². The van der Waals surface area contributed by atoms with E-state index in [2.05, 4.69) is 5.32 Å². The quantitative estimate of drug-likeness (QED) is 0.157. The highest BCUT2D eigenvalue weighted by molar-refractivity contribution is 6.39. The maximum absolute atomic E-state index is 14.4. The molecule has 0 unspecified atom stereocenters. The first-order chi connectivity index (χ1) is 28.4. The molecule has 5 N–H and O–H groups in total. The van der Waals surface area contributed by atoms with E-state index in [-0.39, 0.29) is 68.0 Å². The fraction of sp³-hybridized carbons (Fsp3) is 0.800. The van der Waals surface area contributed by atoms with Gasteiger partial charge in [0.15, 0.2) is 0 Å². The van der Waals surface area contributed by atoms with Crippen molar-refractivity contribution >= 4 is 29.4 Å². The zero-order chi connectivity index (χ0) is 44.5. The van der Waals surface area contributed by atoms with Crippen LogP contribution in [0.1, 0.15) is 112 Å². The van der Waals surface area contributed by atoms with Gasteiger partial charge in [-0.05, 0) is 95.5 Å². The van der Waals surface area contributed by atoms with Crippen molar-refractivity contribution in [3.05, 3.63) is 23.3 Å². The van der Waals surface area contributed by atoms with E-state index in [9.17, 15) is 34.2 Å². The molecule has 2 amide bonds. The van der Waals surface area contributed by atoms with Gasteiger partial charge in [0, 0.05) is 52.0 Å². The summed E-state index contributed by atoms with van der Waals surface area (Å²) in [5.74, 6) is -7.93. The predicted molar refractivity (Wildman–Crippen MR) is 223 cm³/mol. The smallest absolute Gasteiger partial charge is 0.329 e. The molecular weight excluding hydrogens is 775 g/mol. The van der Waals surface area contributed by atoms with Crippen LogP contribution in [0.15, 0.2) is 23.3 Å². The number of nitrogens with one attached hydrogen (secondary N) is 1. The molecule has 2 saturated heterocycles. The van der Waals surface area contributed by atoms with Gasteiger partial charge in [-0.3, -0.25) is 19.2 Å². The van der Waals surface area contributed by atoms with Crippen molar-refractivity contribution in [1.82, 2.24) is 10.2 Å². The van der Waals surface area contributed by atoms with E-state index in [0.29, 0.717) is 56.9 Å². The number of nitrogens with zero attached hydrogens (tertiary/aromatic N) is 1. The lowest BCUT2D eigenvalue weighted by molar-refractivity contribution is -0.302. The molecule has 0 aromatic carbocycles. The van der Waals surface area contributed by atoms with Crippen LogP contribution < -0.4 is 11.1 Å². The zero-order valence-corrected chi connectivity index (χ0v) is 37.4. The fourth-order valence-electron chi connectivity index (χ4n) is 9.85. The number of carbonyl (C=O) groups is 5. The van der Waals surface area contributed by atoms with Crippen LogP contribution in [0.5, 0.6) is 0 Å². The van der Waals surface area contributed by atoms with Crippen LogP contribution in [0.4, 0.5) is 0 Å². The number of ketones is 2. The molecule has 0 spiro atoms. The van der Waals surface area contributed by atoms with Crippen LogP contribution in [-0.2, 0) is 47.7 Å². The molecule has 4 rings (SSSR count). The molecule has 3 heterocycles. The van der Waals surface area contributed by atoms with Crippen LogP contribution >= 0.6 is 0 Å². The van der Waals surface area contributed by atoms with Gasteiger partial charge >= 0.3 is 5.97 Å². The lowest BCUT2D eigenvalue weighted by Gasteiger charge is -2.47. The summed E-state index contributed by atoms with van der Waals surface area (Å²) in [5.41, 5.74) is 7.18. The van der Waals surface area contributed by atoms with Crippen LogP contribution in [0.25, 0.3) is 0 Å². The molecule has 0 aromatic rings. The number of esters is 1. The van der Waals surface area contributed by atoms with E-state index in [1.54, 1.807) is 21.0 Å². The highest BCUT2D eigenvalue weighted by Gasteiger charge is 2.56. The van der Waals surface area contributed by atoms with Gasteiger partial charge in [0.25, 0.3) is 11.7 Å². The average molecular weight is 848 g/mol. The number of nitrogens with two attached hydrogens (primary N) is 1. The second kappa shape index (κ2) is 22.3. The van der Waals surface area contributed by atoms with Gasteiger partial charge in [0.1, 0.15) is 24.0 Å². The third-order valence-electron chi connectivity index (χ3n) is 13.5. The average Bonchev–Trinajstić information content (AvgIpc) is 3.23. The fourth-order valence-corrected chi connectivity index (χ4v) is 9.85. The molecule has 0 aromatic heterocycles. The maximum atomic E-state index is 14.4.